The molecule has 2 rings (SSSR count). The van der Waals surface area contributed by atoms with Gasteiger partial charge in [0.2, 0.25) is 0 Å². The third-order valence-corrected chi connectivity index (χ3v) is 3.33. The Balaban J connectivity index is 1.91. The van der Waals surface area contributed by atoms with Gasteiger partial charge in [0.1, 0.15) is 11.6 Å². The smallest absolute Gasteiger partial charge is 0.319 e. The van der Waals surface area contributed by atoms with E-state index in [1.54, 1.807) is 0 Å². The fourth-order valence-corrected chi connectivity index (χ4v) is 1.77. The van der Waals surface area contributed by atoms with E-state index in [4.69, 9.17) is 9.84 Å². The van der Waals surface area contributed by atoms with E-state index >= 15 is 0 Å². The molecule has 19 heavy (non-hydrogen) atoms. The first-order chi connectivity index (χ1) is 9.08. The Kier molecular flexibility index (Phi) is 3.90. The van der Waals surface area contributed by atoms with Crippen LogP contribution in [0.15, 0.2) is 18.2 Å². The number of nitrogens with one attached hydrogen (secondary N) is 2. The van der Waals surface area contributed by atoms with Crippen molar-refractivity contribution in [1.82, 2.24) is 5.32 Å². The highest BCUT2D eigenvalue weighted by atomic mass is 19.1. The summed E-state index contributed by atoms with van der Waals surface area (Å²) in [4.78, 5) is 11.7. The van der Waals surface area contributed by atoms with E-state index in [2.05, 4.69) is 10.6 Å². The van der Waals surface area contributed by atoms with Crippen molar-refractivity contribution in [2.24, 2.45) is 5.41 Å². The van der Waals surface area contributed by atoms with Crippen LogP contribution in [0.5, 0.6) is 5.75 Å². The minimum Gasteiger partial charge on any atom is -0.494 e. The number of hydrogen-bond acceptors (Lipinski definition) is 3. The first-order valence-electron chi connectivity index (χ1n) is 6.08. The molecule has 104 valence electrons. The Morgan fingerprint density at radius 2 is 2.26 bits per heavy atom. The third-order valence-electron chi connectivity index (χ3n) is 3.33. The average molecular weight is 268 g/mol. The average Bonchev–Trinajstić information content (AvgIpc) is 3.19. The molecule has 0 radical (unpaired) electrons. The molecule has 0 atom stereocenters. The van der Waals surface area contributed by atoms with Crippen molar-refractivity contribution in [2.75, 3.05) is 25.6 Å². The van der Waals surface area contributed by atoms with Crippen molar-refractivity contribution in [3.8, 4) is 5.75 Å². The van der Waals surface area contributed by atoms with Gasteiger partial charge in [0, 0.05) is 18.0 Å². The molecule has 0 aromatic heterocycles. The molecule has 5 nitrogen and oxygen atoms in total. The number of hydrogen-bond donors (Lipinski definition) is 3. The van der Waals surface area contributed by atoms with Gasteiger partial charge in [-0.15, -0.1) is 0 Å². The summed E-state index contributed by atoms with van der Waals surface area (Å²) >= 11 is 0. The summed E-state index contributed by atoms with van der Waals surface area (Å²) in [5.41, 5.74) is 0.250. The van der Waals surface area contributed by atoms with Crippen LogP contribution in [0.1, 0.15) is 12.8 Å². The Bertz CT molecular complexity index is 475. The number of aliphatic hydroxyl groups excluding tert-OH is 1. The molecule has 6 heteroatoms. The van der Waals surface area contributed by atoms with Crippen LogP contribution in [0.25, 0.3) is 0 Å². The quantitative estimate of drug-likeness (QED) is 0.761. The predicted molar refractivity (Wildman–Crippen MR) is 68.7 cm³/mol. The summed E-state index contributed by atoms with van der Waals surface area (Å²) in [7, 11) is 1.41. The zero-order valence-corrected chi connectivity index (χ0v) is 10.7. The molecule has 0 unspecified atom stereocenters. The van der Waals surface area contributed by atoms with Crippen LogP contribution in [0, 0.1) is 11.2 Å². The van der Waals surface area contributed by atoms with Crippen LogP contribution in [0.3, 0.4) is 0 Å². The molecule has 0 bridgehead atoms. The van der Waals surface area contributed by atoms with Crippen LogP contribution in [0.4, 0.5) is 14.9 Å². The van der Waals surface area contributed by atoms with E-state index in [-0.39, 0.29) is 17.8 Å². The standard InChI is InChI=1S/C13H17FN2O3/c1-19-11-6-9(14)2-3-10(11)16-12(18)15-7-13(8-17)4-5-13/h2-3,6,17H,4-5,7-8H2,1H3,(H2,15,16,18). The predicted octanol–water partition coefficient (Wildman–Crippen LogP) is 1.73. The summed E-state index contributed by atoms with van der Waals surface area (Å²) in [6.07, 6.45) is 1.84. The SMILES string of the molecule is COc1cc(F)ccc1NC(=O)NCC1(CO)CC1. The normalized spacial score (nSPS) is 15.7. The van der Waals surface area contributed by atoms with Gasteiger partial charge in [-0.3, -0.25) is 0 Å². The van der Waals surface area contributed by atoms with Crippen molar-refractivity contribution in [2.45, 2.75) is 12.8 Å². The van der Waals surface area contributed by atoms with Gasteiger partial charge < -0.3 is 20.5 Å². The lowest BCUT2D eigenvalue weighted by Crippen LogP contribution is -2.35. The summed E-state index contributed by atoms with van der Waals surface area (Å²) in [6.45, 7) is 0.506. The zero-order chi connectivity index (χ0) is 13.9. The molecule has 3 N–H and O–H groups in total. The first kappa shape index (κ1) is 13.6. The molecule has 1 aliphatic rings. The summed E-state index contributed by atoms with van der Waals surface area (Å²) in [6, 6.07) is 3.48. The molecular weight excluding hydrogens is 251 g/mol. The van der Waals surface area contributed by atoms with Gasteiger partial charge in [0.25, 0.3) is 0 Å². The maximum absolute atomic E-state index is 13.0. The fourth-order valence-electron chi connectivity index (χ4n) is 1.77. The number of carbonyl (C=O) groups is 1. The van der Waals surface area contributed by atoms with Gasteiger partial charge in [-0.1, -0.05) is 0 Å². The molecule has 2 amide bonds. The molecule has 1 saturated carbocycles. The summed E-state index contributed by atoms with van der Waals surface area (Å²) < 4.78 is 18.0. The first-order valence-corrected chi connectivity index (χ1v) is 6.08. The molecule has 0 aliphatic heterocycles. The van der Waals surface area contributed by atoms with Crippen LogP contribution in [-0.4, -0.2) is 31.4 Å². The minimum absolute atomic E-state index is 0.0765. The largest absolute Gasteiger partial charge is 0.494 e. The number of aliphatic hydroxyl groups is 1. The maximum atomic E-state index is 13.0. The second-order valence-electron chi connectivity index (χ2n) is 4.81. The van der Waals surface area contributed by atoms with Crippen molar-refractivity contribution in [3.63, 3.8) is 0 Å². The summed E-state index contributed by atoms with van der Waals surface area (Å²) in [5.74, 6) is -0.168. The van der Waals surface area contributed by atoms with Crippen LogP contribution < -0.4 is 15.4 Å². The van der Waals surface area contributed by atoms with Crippen molar-refractivity contribution >= 4 is 11.7 Å². The van der Waals surface area contributed by atoms with Gasteiger partial charge in [0.05, 0.1) is 19.4 Å². The Hall–Kier alpha value is -1.82. The lowest BCUT2D eigenvalue weighted by molar-refractivity contribution is 0.206. The Labute approximate surface area is 110 Å². The van der Waals surface area contributed by atoms with Gasteiger partial charge in [-0.2, -0.15) is 0 Å². The summed E-state index contributed by atoms with van der Waals surface area (Å²) in [5, 5.41) is 14.4. The second-order valence-corrected chi connectivity index (χ2v) is 4.81. The van der Waals surface area contributed by atoms with Gasteiger partial charge in [0.15, 0.2) is 0 Å². The Morgan fingerprint density at radius 3 is 2.84 bits per heavy atom. The van der Waals surface area contributed by atoms with Gasteiger partial charge >= 0.3 is 6.03 Å². The highest BCUT2D eigenvalue weighted by molar-refractivity contribution is 5.90. The zero-order valence-electron chi connectivity index (χ0n) is 10.7. The fraction of sp³-hybridized carbons (Fsp3) is 0.462. The monoisotopic (exact) mass is 268 g/mol. The van der Waals surface area contributed by atoms with Crippen molar-refractivity contribution in [3.05, 3.63) is 24.0 Å². The number of rotatable bonds is 5. The molecule has 1 fully saturated rings. The molecule has 0 saturated heterocycles. The van der Waals surface area contributed by atoms with Gasteiger partial charge in [-0.25, -0.2) is 9.18 Å². The number of ether oxygens (including phenoxy) is 1. The van der Waals surface area contributed by atoms with Gasteiger partial charge in [-0.05, 0) is 25.0 Å². The van der Waals surface area contributed by atoms with E-state index in [1.807, 2.05) is 0 Å². The molecule has 0 spiro atoms. The highest BCUT2D eigenvalue weighted by Crippen LogP contribution is 2.44. The number of benzene rings is 1. The Morgan fingerprint density at radius 1 is 1.53 bits per heavy atom. The van der Waals surface area contributed by atoms with Crippen LogP contribution >= 0.6 is 0 Å². The van der Waals surface area contributed by atoms with E-state index < -0.39 is 11.8 Å². The van der Waals surface area contributed by atoms with Crippen LogP contribution in [-0.2, 0) is 0 Å². The molecule has 0 heterocycles. The lowest BCUT2D eigenvalue weighted by Gasteiger charge is -2.14. The van der Waals surface area contributed by atoms with E-state index in [9.17, 15) is 9.18 Å². The van der Waals surface area contributed by atoms with E-state index in [0.29, 0.717) is 12.2 Å². The van der Waals surface area contributed by atoms with Crippen molar-refractivity contribution < 1.29 is 19.0 Å². The molecule has 1 aliphatic carbocycles. The number of carbonyl (C=O) groups excluding carboxylic acids is 1. The number of anilines is 1. The van der Waals surface area contributed by atoms with Crippen LogP contribution in [0.2, 0.25) is 0 Å². The highest BCUT2D eigenvalue weighted by Gasteiger charge is 2.42. The molecular formula is C13H17FN2O3. The number of urea groups is 1. The third kappa shape index (κ3) is 3.35. The number of halogens is 1. The van der Waals surface area contributed by atoms with Crippen molar-refractivity contribution in [1.29, 1.82) is 0 Å². The molecule has 1 aromatic rings. The topological polar surface area (TPSA) is 70.6 Å². The minimum atomic E-state index is -0.431. The lowest BCUT2D eigenvalue weighted by atomic mass is 10.1. The number of methoxy groups -OCH3 is 1. The molecule has 1 aromatic carbocycles. The van der Waals surface area contributed by atoms with E-state index in [1.165, 1.54) is 25.3 Å². The maximum Gasteiger partial charge on any atom is 0.319 e. The number of amides is 2. The van der Waals surface area contributed by atoms with E-state index in [0.717, 1.165) is 12.8 Å². The second kappa shape index (κ2) is 5.44.